The highest BCUT2D eigenvalue weighted by Gasteiger charge is 2.16. The number of carbonyl (C=O) groups excluding carboxylic acids is 1. The summed E-state index contributed by atoms with van der Waals surface area (Å²) in [6, 6.07) is 10.3. The Morgan fingerprint density at radius 1 is 1.22 bits per heavy atom. The van der Waals surface area contributed by atoms with E-state index in [1.54, 1.807) is 0 Å². The number of halogens is 3. The van der Waals surface area contributed by atoms with E-state index >= 15 is 0 Å². The molecular weight excluding hydrogens is 420 g/mol. The SMILES string of the molecule is O=C(NC(=NC[C@@H]1CCCO1)Nc1cccc(Br)c1)c1ccc(F)c(F)c1. The fraction of sp³-hybridized carbons (Fsp3) is 0.263. The lowest BCUT2D eigenvalue weighted by Gasteiger charge is -2.13. The Labute approximate surface area is 164 Å². The summed E-state index contributed by atoms with van der Waals surface area (Å²) in [6.07, 6.45) is 1.89. The fourth-order valence-electron chi connectivity index (χ4n) is 2.61. The zero-order valence-corrected chi connectivity index (χ0v) is 15.9. The van der Waals surface area contributed by atoms with Crippen molar-refractivity contribution in [1.29, 1.82) is 0 Å². The maximum absolute atomic E-state index is 13.4. The summed E-state index contributed by atoms with van der Waals surface area (Å²) in [5.41, 5.74) is 0.704. The van der Waals surface area contributed by atoms with Crippen molar-refractivity contribution >= 4 is 33.5 Å². The maximum Gasteiger partial charge on any atom is 0.258 e. The number of amides is 1. The van der Waals surface area contributed by atoms with E-state index in [2.05, 4.69) is 31.6 Å². The first-order chi connectivity index (χ1) is 13.0. The van der Waals surface area contributed by atoms with Crippen molar-refractivity contribution in [3.05, 3.63) is 64.1 Å². The first-order valence-corrected chi connectivity index (χ1v) is 9.25. The zero-order valence-electron chi connectivity index (χ0n) is 14.3. The van der Waals surface area contributed by atoms with Gasteiger partial charge in [0.15, 0.2) is 11.6 Å². The molecule has 2 aromatic carbocycles. The summed E-state index contributed by atoms with van der Waals surface area (Å²) in [5, 5.41) is 5.65. The van der Waals surface area contributed by atoms with Gasteiger partial charge in [-0.2, -0.15) is 0 Å². The topological polar surface area (TPSA) is 62.7 Å². The van der Waals surface area contributed by atoms with Gasteiger partial charge < -0.3 is 10.1 Å². The van der Waals surface area contributed by atoms with E-state index in [1.807, 2.05) is 24.3 Å². The minimum absolute atomic E-state index is 0.00415. The van der Waals surface area contributed by atoms with Crippen molar-refractivity contribution in [1.82, 2.24) is 5.32 Å². The summed E-state index contributed by atoms with van der Waals surface area (Å²) < 4.78 is 32.9. The molecule has 0 radical (unpaired) electrons. The van der Waals surface area contributed by atoms with Crippen LogP contribution in [0.1, 0.15) is 23.2 Å². The second-order valence-electron chi connectivity index (χ2n) is 6.04. The van der Waals surface area contributed by atoms with Crippen LogP contribution in [0.3, 0.4) is 0 Å². The molecule has 3 rings (SSSR count). The minimum atomic E-state index is -1.08. The van der Waals surface area contributed by atoms with Gasteiger partial charge in [0.25, 0.3) is 5.91 Å². The molecule has 2 N–H and O–H groups in total. The molecule has 1 fully saturated rings. The lowest BCUT2D eigenvalue weighted by molar-refractivity contribution is 0.0975. The van der Waals surface area contributed by atoms with E-state index in [-0.39, 0.29) is 17.6 Å². The average Bonchev–Trinajstić information content (AvgIpc) is 3.15. The van der Waals surface area contributed by atoms with Crippen LogP contribution in [-0.2, 0) is 4.74 Å². The number of benzene rings is 2. The molecule has 1 atom stereocenters. The van der Waals surface area contributed by atoms with Gasteiger partial charge in [0.05, 0.1) is 12.6 Å². The van der Waals surface area contributed by atoms with Crippen LogP contribution in [0.5, 0.6) is 0 Å². The van der Waals surface area contributed by atoms with Crippen LogP contribution in [-0.4, -0.2) is 31.1 Å². The van der Waals surface area contributed by atoms with Gasteiger partial charge in [0.1, 0.15) is 0 Å². The van der Waals surface area contributed by atoms with Gasteiger partial charge in [0, 0.05) is 22.3 Å². The lowest BCUT2D eigenvalue weighted by Crippen LogP contribution is -2.36. The van der Waals surface area contributed by atoms with Gasteiger partial charge in [-0.15, -0.1) is 0 Å². The Morgan fingerprint density at radius 2 is 2.07 bits per heavy atom. The molecule has 1 aliphatic heterocycles. The molecule has 0 aliphatic carbocycles. The van der Waals surface area contributed by atoms with E-state index in [1.165, 1.54) is 6.07 Å². The Morgan fingerprint density at radius 3 is 2.78 bits per heavy atom. The molecule has 27 heavy (non-hydrogen) atoms. The predicted molar refractivity (Wildman–Crippen MR) is 103 cm³/mol. The molecule has 0 bridgehead atoms. The van der Waals surface area contributed by atoms with Crippen LogP contribution >= 0.6 is 15.9 Å². The van der Waals surface area contributed by atoms with Crippen LogP contribution in [0.4, 0.5) is 14.5 Å². The smallest absolute Gasteiger partial charge is 0.258 e. The average molecular weight is 438 g/mol. The van der Waals surface area contributed by atoms with E-state index < -0.39 is 17.5 Å². The summed E-state index contributed by atoms with van der Waals surface area (Å²) >= 11 is 3.38. The molecule has 2 aromatic rings. The third kappa shape index (κ3) is 5.58. The van der Waals surface area contributed by atoms with Crippen LogP contribution in [0, 0.1) is 11.6 Å². The first kappa shape index (κ1) is 19.4. The van der Waals surface area contributed by atoms with Crippen molar-refractivity contribution in [2.24, 2.45) is 4.99 Å². The van der Waals surface area contributed by atoms with Crippen molar-refractivity contribution in [3.8, 4) is 0 Å². The van der Waals surface area contributed by atoms with Crippen LogP contribution in [0.2, 0.25) is 0 Å². The van der Waals surface area contributed by atoms with Crippen LogP contribution < -0.4 is 10.6 Å². The summed E-state index contributed by atoms with van der Waals surface area (Å²) in [5.74, 6) is -2.48. The molecule has 1 heterocycles. The highest BCUT2D eigenvalue weighted by molar-refractivity contribution is 9.10. The third-order valence-electron chi connectivity index (χ3n) is 3.98. The van der Waals surface area contributed by atoms with Crippen LogP contribution in [0.15, 0.2) is 51.9 Å². The molecular formula is C19H18BrF2N3O2. The van der Waals surface area contributed by atoms with E-state index in [0.717, 1.165) is 29.4 Å². The standard InChI is InChI=1S/C19H18BrF2N3O2/c20-13-3-1-4-14(10-13)24-19(23-11-15-5-2-8-27-15)25-18(26)12-6-7-16(21)17(22)9-12/h1,3-4,6-7,9-10,15H,2,5,8,11H2,(H2,23,24,25,26)/t15-/m0/s1. The number of aliphatic imine (C=N–C) groups is 1. The number of hydrogen-bond donors (Lipinski definition) is 2. The van der Waals surface area contributed by atoms with Gasteiger partial charge in [-0.3, -0.25) is 10.1 Å². The molecule has 0 spiro atoms. The van der Waals surface area contributed by atoms with E-state index in [9.17, 15) is 13.6 Å². The summed E-state index contributed by atoms with van der Waals surface area (Å²) in [6.45, 7) is 1.09. The maximum atomic E-state index is 13.4. The van der Waals surface area contributed by atoms with Gasteiger partial charge in [-0.25, -0.2) is 13.8 Å². The Kier molecular flexibility index (Phi) is 6.52. The molecule has 142 valence electrons. The van der Waals surface area contributed by atoms with E-state index in [0.29, 0.717) is 18.8 Å². The number of carbonyl (C=O) groups is 1. The monoisotopic (exact) mass is 437 g/mol. The van der Waals surface area contributed by atoms with Gasteiger partial charge in [0.2, 0.25) is 5.96 Å². The third-order valence-corrected chi connectivity index (χ3v) is 4.47. The fourth-order valence-corrected chi connectivity index (χ4v) is 3.01. The lowest BCUT2D eigenvalue weighted by atomic mass is 10.2. The number of rotatable bonds is 4. The number of anilines is 1. The number of guanidine groups is 1. The molecule has 1 saturated heterocycles. The van der Waals surface area contributed by atoms with Gasteiger partial charge in [-0.05, 0) is 49.2 Å². The molecule has 0 saturated carbocycles. The number of nitrogens with zero attached hydrogens (tertiary/aromatic N) is 1. The van der Waals surface area contributed by atoms with Crippen molar-refractivity contribution in [2.75, 3.05) is 18.5 Å². The molecule has 0 aromatic heterocycles. The zero-order chi connectivity index (χ0) is 19.2. The highest BCUT2D eigenvalue weighted by Crippen LogP contribution is 2.16. The Hall–Kier alpha value is -2.32. The molecule has 1 amide bonds. The van der Waals surface area contributed by atoms with Crippen LogP contribution in [0.25, 0.3) is 0 Å². The summed E-state index contributed by atoms with van der Waals surface area (Å²) in [4.78, 5) is 16.8. The van der Waals surface area contributed by atoms with Crippen molar-refractivity contribution < 1.29 is 18.3 Å². The van der Waals surface area contributed by atoms with Crippen molar-refractivity contribution in [3.63, 3.8) is 0 Å². The van der Waals surface area contributed by atoms with Gasteiger partial charge in [-0.1, -0.05) is 22.0 Å². The Balaban J connectivity index is 1.76. The molecule has 0 unspecified atom stereocenters. The number of hydrogen-bond acceptors (Lipinski definition) is 3. The second kappa shape index (κ2) is 9.05. The largest absolute Gasteiger partial charge is 0.376 e. The van der Waals surface area contributed by atoms with Crippen molar-refractivity contribution in [2.45, 2.75) is 18.9 Å². The second-order valence-corrected chi connectivity index (χ2v) is 6.96. The predicted octanol–water partition coefficient (Wildman–Crippen LogP) is 4.10. The van der Waals surface area contributed by atoms with E-state index in [4.69, 9.17) is 4.74 Å². The minimum Gasteiger partial charge on any atom is -0.376 e. The quantitative estimate of drug-likeness (QED) is 0.558. The summed E-state index contributed by atoms with van der Waals surface area (Å²) in [7, 11) is 0. The molecule has 5 nitrogen and oxygen atoms in total. The molecule has 1 aliphatic rings. The Bertz CT molecular complexity index is 855. The van der Waals surface area contributed by atoms with Gasteiger partial charge >= 0.3 is 0 Å². The number of nitrogens with one attached hydrogen (secondary N) is 2. The number of ether oxygens (including phenoxy) is 1. The highest BCUT2D eigenvalue weighted by atomic mass is 79.9. The first-order valence-electron chi connectivity index (χ1n) is 8.46. The molecule has 8 heteroatoms. The normalized spacial score (nSPS) is 17.0.